The number of fused-ring (bicyclic) bond motifs is 1. The van der Waals surface area contributed by atoms with Gasteiger partial charge in [-0.15, -0.1) is 0 Å². The second-order valence-electron chi connectivity index (χ2n) is 8.27. The molecule has 170 valence electrons. The maximum absolute atomic E-state index is 9.55. The molecule has 2 aliphatic rings. The summed E-state index contributed by atoms with van der Waals surface area (Å²) in [6, 6.07) is 18.1. The lowest BCUT2D eigenvalue weighted by molar-refractivity contribution is -0.134. The molecule has 0 spiro atoms. The van der Waals surface area contributed by atoms with Gasteiger partial charge in [0.25, 0.3) is 0 Å². The summed E-state index contributed by atoms with van der Waals surface area (Å²) in [6.45, 7) is 5.69. The maximum atomic E-state index is 9.55. The highest BCUT2D eigenvalue weighted by Crippen LogP contribution is 2.26. The van der Waals surface area contributed by atoms with Crippen LogP contribution in [0.25, 0.3) is 0 Å². The van der Waals surface area contributed by atoms with Gasteiger partial charge in [-0.3, -0.25) is 4.90 Å². The van der Waals surface area contributed by atoms with Crippen LogP contribution in [-0.2, 0) is 29.0 Å². The van der Waals surface area contributed by atoms with E-state index in [-0.39, 0.29) is 0 Å². The van der Waals surface area contributed by atoms with Gasteiger partial charge in [-0.25, -0.2) is 9.59 Å². The highest BCUT2D eigenvalue weighted by molar-refractivity contribution is 5.89. The molecule has 6 nitrogen and oxygen atoms in total. The summed E-state index contributed by atoms with van der Waals surface area (Å²) in [5.41, 5.74) is 6.07. The summed E-state index contributed by atoms with van der Waals surface area (Å²) < 4.78 is 0. The van der Waals surface area contributed by atoms with Crippen LogP contribution >= 0.6 is 0 Å². The molecule has 0 amide bonds. The highest BCUT2D eigenvalue weighted by atomic mass is 16.4. The van der Waals surface area contributed by atoms with Crippen molar-refractivity contribution >= 4 is 17.6 Å². The zero-order valence-electron chi connectivity index (χ0n) is 18.4. The van der Waals surface area contributed by atoms with Crippen molar-refractivity contribution < 1.29 is 19.8 Å². The minimum Gasteiger partial charge on any atom is -0.478 e. The fraction of sp³-hybridized carbons (Fsp3) is 0.385. The number of hydrogen-bond donors (Lipinski definition) is 2. The molecule has 1 heterocycles. The van der Waals surface area contributed by atoms with Crippen LogP contribution in [0.5, 0.6) is 0 Å². The van der Waals surface area contributed by atoms with E-state index in [9.17, 15) is 9.59 Å². The predicted molar refractivity (Wildman–Crippen MR) is 126 cm³/mol. The van der Waals surface area contributed by atoms with Crippen molar-refractivity contribution in [3.05, 3.63) is 77.4 Å². The first kappa shape index (κ1) is 23.5. The molecule has 0 bridgehead atoms. The molecule has 2 aromatic rings. The van der Waals surface area contributed by atoms with Crippen LogP contribution in [0.2, 0.25) is 0 Å². The number of aryl methyl sites for hydroxylation is 2. The Bertz CT molecular complexity index is 903. The first-order chi connectivity index (χ1) is 15.5. The number of carboxylic acids is 2. The van der Waals surface area contributed by atoms with Gasteiger partial charge in [0, 0.05) is 50.6 Å². The smallest absolute Gasteiger partial charge is 0.328 e. The zero-order chi connectivity index (χ0) is 22.8. The largest absolute Gasteiger partial charge is 0.478 e. The number of hydrogen-bond acceptors (Lipinski definition) is 4. The fourth-order valence-electron chi connectivity index (χ4n) is 4.24. The van der Waals surface area contributed by atoms with Gasteiger partial charge in [0.05, 0.1) is 0 Å². The average molecular weight is 437 g/mol. The molecule has 32 heavy (non-hydrogen) atoms. The third-order valence-corrected chi connectivity index (χ3v) is 5.94. The first-order valence-electron chi connectivity index (χ1n) is 11.3. The van der Waals surface area contributed by atoms with E-state index in [4.69, 9.17) is 10.2 Å². The maximum Gasteiger partial charge on any atom is 0.328 e. The minimum atomic E-state index is -1.26. The Kier molecular flexibility index (Phi) is 8.87. The van der Waals surface area contributed by atoms with Crippen LogP contribution in [0, 0.1) is 0 Å². The Hall–Kier alpha value is -3.12. The summed E-state index contributed by atoms with van der Waals surface area (Å²) in [4.78, 5) is 24.3. The van der Waals surface area contributed by atoms with E-state index in [1.165, 1.54) is 43.4 Å². The lowest BCUT2D eigenvalue weighted by atomic mass is 10.0. The van der Waals surface area contributed by atoms with E-state index in [0.29, 0.717) is 12.2 Å². The van der Waals surface area contributed by atoms with Crippen molar-refractivity contribution in [2.24, 2.45) is 0 Å². The normalized spacial score (nSPS) is 16.6. The average Bonchev–Trinajstić information content (AvgIpc) is 3.04. The molecule has 1 saturated heterocycles. The minimum absolute atomic E-state index is 0.558. The first-order valence-corrected chi connectivity index (χ1v) is 11.3. The molecule has 4 rings (SSSR count). The van der Waals surface area contributed by atoms with Gasteiger partial charge in [0.15, 0.2) is 0 Å². The molecular weight excluding hydrogens is 404 g/mol. The van der Waals surface area contributed by atoms with Crippen LogP contribution in [0.15, 0.2) is 60.7 Å². The van der Waals surface area contributed by atoms with Gasteiger partial charge in [0.1, 0.15) is 0 Å². The molecular formula is C26H32N2O4. The number of benzene rings is 2. The van der Waals surface area contributed by atoms with E-state index >= 15 is 0 Å². The SMILES string of the molecule is O=C(O)/C=C\C(=O)O.c1ccc(CN2CCN(c3ccc4c(c3)CCCCC4)CC2)cc1. The van der Waals surface area contributed by atoms with E-state index in [1.807, 2.05) is 0 Å². The molecule has 0 unspecified atom stereocenters. The Morgan fingerprint density at radius 2 is 1.41 bits per heavy atom. The number of anilines is 1. The molecule has 2 N–H and O–H groups in total. The second-order valence-corrected chi connectivity index (χ2v) is 8.27. The number of piperazine rings is 1. The van der Waals surface area contributed by atoms with Crippen molar-refractivity contribution in [1.82, 2.24) is 4.90 Å². The van der Waals surface area contributed by atoms with Crippen LogP contribution in [0.3, 0.4) is 0 Å². The highest BCUT2D eigenvalue weighted by Gasteiger charge is 2.18. The molecule has 1 aliphatic carbocycles. The van der Waals surface area contributed by atoms with E-state index in [2.05, 4.69) is 58.3 Å². The Morgan fingerprint density at radius 1 is 0.781 bits per heavy atom. The van der Waals surface area contributed by atoms with Gasteiger partial charge in [-0.1, -0.05) is 42.8 Å². The van der Waals surface area contributed by atoms with Gasteiger partial charge in [-0.05, 0) is 54.5 Å². The summed E-state index contributed by atoms with van der Waals surface area (Å²) in [5.74, 6) is -2.51. The molecule has 0 saturated carbocycles. The summed E-state index contributed by atoms with van der Waals surface area (Å²) in [5, 5.41) is 15.6. The molecule has 6 heteroatoms. The number of aliphatic carboxylic acids is 2. The number of carboxylic acid groups (broad SMARTS) is 2. The van der Waals surface area contributed by atoms with E-state index < -0.39 is 11.9 Å². The second kappa shape index (κ2) is 12.1. The van der Waals surface area contributed by atoms with Gasteiger partial charge >= 0.3 is 11.9 Å². The quantitative estimate of drug-likeness (QED) is 0.545. The van der Waals surface area contributed by atoms with Crippen molar-refractivity contribution in [3.8, 4) is 0 Å². The van der Waals surface area contributed by atoms with Crippen LogP contribution in [0.4, 0.5) is 5.69 Å². The number of rotatable bonds is 5. The van der Waals surface area contributed by atoms with Crippen LogP contribution in [-0.4, -0.2) is 53.2 Å². The summed E-state index contributed by atoms with van der Waals surface area (Å²) in [6.07, 6.45) is 7.79. The topological polar surface area (TPSA) is 81.1 Å². The third-order valence-electron chi connectivity index (χ3n) is 5.94. The molecule has 0 aromatic heterocycles. The van der Waals surface area contributed by atoms with Crippen molar-refractivity contribution in [1.29, 1.82) is 0 Å². The Morgan fingerprint density at radius 3 is 2.03 bits per heavy atom. The van der Waals surface area contributed by atoms with Crippen LogP contribution < -0.4 is 4.90 Å². The fourth-order valence-corrected chi connectivity index (χ4v) is 4.24. The molecule has 1 aliphatic heterocycles. The summed E-state index contributed by atoms with van der Waals surface area (Å²) in [7, 11) is 0. The zero-order valence-corrected chi connectivity index (χ0v) is 18.4. The monoisotopic (exact) mass is 436 g/mol. The Balaban J connectivity index is 0.000000312. The van der Waals surface area contributed by atoms with E-state index in [1.54, 1.807) is 11.1 Å². The van der Waals surface area contributed by atoms with Crippen molar-refractivity contribution in [3.63, 3.8) is 0 Å². The molecule has 1 fully saturated rings. The summed E-state index contributed by atoms with van der Waals surface area (Å²) >= 11 is 0. The van der Waals surface area contributed by atoms with Gasteiger partial charge in [0.2, 0.25) is 0 Å². The molecule has 2 aromatic carbocycles. The Labute approximate surface area is 189 Å². The number of nitrogens with zero attached hydrogens (tertiary/aromatic N) is 2. The number of carbonyl (C=O) groups is 2. The predicted octanol–water partition coefficient (Wildman–Crippen LogP) is 3.99. The lowest BCUT2D eigenvalue weighted by Gasteiger charge is -2.36. The standard InChI is InChI=1S/C22H28N2.C4H4O4/c1-3-7-19(8-4-1)18-23-13-15-24(16-14-23)22-12-11-20-9-5-2-6-10-21(20)17-22;5-3(6)1-2-4(7)8/h1,3-4,7-8,11-12,17H,2,5-6,9-10,13-16,18H2;1-2H,(H,5,6)(H,7,8)/b;2-1-. The molecule has 0 atom stereocenters. The molecule has 0 radical (unpaired) electrons. The van der Waals surface area contributed by atoms with Gasteiger partial charge in [-0.2, -0.15) is 0 Å². The van der Waals surface area contributed by atoms with Gasteiger partial charge < -0.3 is 15.1 Å². The van der Waals surface area contributed by atoms with Crippen molar-refractivity contribution in [2.45, 2.75) is 38.6 Å². The van der Waals surface area contributed by atoms with Crippen molar-refractivity contribution in [2.75, 3.05) is 31.1 Å². The lowest BCUT2D eigenvalue weighted by Crippen LogP contribution is -2.46. The van der Waals surface area contributed by atoms with E-state index in [0.717, 1.165) is 32.7 Å². The third kappa shape index (κ3) is 7.54. The van der Waals surface area contributed by atoms with Crippen LogP contribution in [0.1, 0.15) is 36.0 Å².